The van der Waals surface area contributed by atoms with E-state index in [9.17, 15) is 8.78 Å². The molecule has 2 unspecified atom stereocenters. The maximum Gasteiger partial charge on any atom is 0.234 e. The SMILES string of the molecule is COC(=N)c1nn(C2CCCCO2)c2ccc(OC(C)c3cc(F)cc(F)c3)cc12. The van der Waals surface area contributed by atoms with E-state index in [0.29, 0.717) is 29.0 Å². The molecule has 158 valence electrons. The fourth-order valence-electron chi connectivity index (χ4n) is 3.68. The summed E-state index contributed by atoms with van der Waals surface area (Å²) in [6, 6.07) is 8.70. The van der Waals surface area contributed by atoms with Crippen LogP contribution in [0, 0.1) is 17.0 Å². The number of hydrogen-bond acceptors (Lipinski definition) is 5. The molecular formula is C22H23F2N3O3. The van der Waals surface area contributed by atoms with Gasteiger partial charge in [0.2, 0.25) is 5.90 Å². The molecule has 1 aromatic heterocycles. The van der Waals surface area contributed by atoms with Crippen LogP contribution in [0.2, 0.25) is 0 Å². The largest absolute Gasteiger partial charge is 0.486 e. The topological polar surface area (TPSA) is 69.4 Å². The summed E-state index contributed by atoms with van der Waals surface area (Å²) in [7, 11) is 1.42. The van der Waals surface area contributed by atoms with Gasteiger partial charge in [-0.2, -0.15) is 5.10 Å². The van der Waals surface area contributed by atoms with Gasteiger partial charge in [0.25, 0.3) is 0 Å². The molecule has 2 aromatic carbocycles. The molecule has 2 heterocycles. The van der Waals surface area contributed by atoms with Crippen LogP contribution in [0.15, 0.2) is 36.4 Å². The Morgan fingerprint density at radius 1 is 1.20 bits per heavy atom. The second kappa shape index (κ2) is 8.39. The van der Waals surface area contributed by atoms with E-state index in [2.05, 4.69) is 5.10 Å². The first-order valence-corrected chi connectivity index (χ1v) is 9.85. The molecule has 0 amide bonds. The predicted octanol–water partition coefficient (Wildman–Crippen LogP) is 5.13. The van der Waals surface area contributed by atoms with Crippen molar-refractivity contribution in [2.75, 3.05) is 13.7 Å². The van der Waals surface area contributed by atoms with Crippen molar-refractivity contribution in [3.8, 4) is 5.75 Å². The van der Waals surface area contributed by atoms with Crippen molar-refractivity contribution in [3.05, 3.63) is 59.3 Å². The number of rotatable bonds is 5. The van der Waals surface area contributed by atoms with Gasteiger partial charge in [0, 0.05) is 18.1 Å². The Kier molecular flexibility index (Phi) is 5.67. The van der Waals surface area contributed by atoms with Crippen LogP contribution in [-0.2, 0) is 9.47 Å². The molecule has 0 saturated carbocycles. The third-order valence-electron chi connectivity index (χ3n) is 5.19. The van der Waals surface area contributed by atoms with Crippen molar-refractivity contribution < 1.29 is 23.0 Å². The minimum atomic E-state index is -0.652. The van der Waals surface area contributed by atoms with Crippen LogP contribution in [0.4, 0.5) is 8.78 Å². The van der Waals surface area contributed by atoms with Crippen molar-refractivity contribution in [1.82, 2.24) is 9.78 Å². The summed E-state index contributed by atoms with van der Waals surface area (Å²) in [5.41, 5.74) is 1.58. The number of hydrogen-bond donors (Lipinski definition) is 1. The Morgan fingerprint density at radius 2 is 1.97 bits per heavy atom. The second-order valence-corrected chi connectivity index (χ2v) is 7.29. The number of nitrogens with zero attached hydrogens (tertiary/aromatic N) is 2. The third-order valence-corrected chi connectivity index (χ3v) is 5.19. The van der Waals surface area contributed by atoms with E-state index in [1.165, 1.54) is 19.2 Å². The van der Waals surface area contributed by atoms with Gasteiger partial charge < -0.3 is 14.2 Å². The quantitative estimate of drug-likeness (QED) is 0.464. The molecule has 1 N–H and O–H groups in total. The summed E-state index contributed by atoms with van der Waals surface area (Å²) in [5.74, 6) is -0.873. The molecule has 1 aliphatic rings. The molecule has 1 saturated heterocycles. The highest BCUT2D eigenvalue weighted by Crippen LogP contribution is 2.32. The average molecular weight is 415 g/mol. The normalized spacial score (nSPS) is 17.7. The van der Waals surface area contributed by atoms with Crippen LogP contribution in [-0.4, -0.2) is 29.4 Å². The van der Waals surface area contributed by atoms with Gasteiger partial charge in [-0.25, -0.2) is 13.5 Å². The molecule has 0 bridgehead atoms. The number of benzene rings is 2. The van der Waals surface area contributed by atoms with E-state index in [4.69, 9.17) is 19.6 Å². The Balaban J connectivity index is 1.69. The highest BCUT2D eigenvalue weighted by atomic mass is 19.1. The van der Waals surface area contributed by atoms with E-state index in [0.717, 1.165) is 30.8 Å². The van der Waals surface area contributed by atoms with Crippen molar-refractivity contribution in [1.29, 1.82) is 5.41 Å². The van der Waals surface area contributed by atoms with Crippen LogP contribution in [0.1, 0.15) is 49.8 Å². The van der Waals surface area contributed by atoms with Crippen molar-refractivity contribution in [2.45, 2.75) is 38.5 Å². The molecule has 6 nitrogen and oxygen atoms in total. The summed E-state index contributed by atoms with van der Waals surface area (Å²) in [6.45, 7) is 2.39. The van der Waals surface area contributed by atoms with E-state index in [-0.39, 0.29) is 12.1 Å². The average Bonchev–Trinajstić information content (AvgIpc) is 3.12. The van der Waals surface area contributed by atoms with Gasteiger partial charge in [-0.05, 0) is 62.1 Å². The fourth-order valence-corrected chi connectivity index (χ4v) is 3.68. The summed E-state index contributed by atoms with van der Waals surface area (Å²) in [4.78, 5) is 0. The first-order chi connectivity index (χ1) is 14.5. The molecule has 0 aliphatic carbocycles. The lowest BCUT2D eigenvalue weighted by molar-refractivity contribution is -0.0367. The van der Waals surface area contributed by atoms with Crippen LogP contribution in [0.3, 0.4) is 0 Å². The van der Waals surface area contributed by atoms with Crippen molar-refractivity contribution in [2.24, 2.45) is 0 Å². The number of halogens is 2. The summed E-state index contributed by atoms with van der Waals surface area (Å²) >= 11 is 0. The molecule has 0 spiro atoms. The monoisotopic (exact) mass is 415 g/mol. The first kappa shape index (κ1) is 20.3. The Hall–Kier alpha value is -3.00. The number of ether oxygens (including phenoxy) is 3. The van der Waals surface area contributed by atoms with E-state index >= 15 is 0 Å². The molecule has 8 heteroatoms. The Labute approximate surface area is 172 Å². The predicted molar refractivity (Wildman–Crippen MR) is 108 cm³/mol. The lowest BCUT2D eigenvalue weighted by Gasteiger charge is -2.23. The fraction of sp³-hybridized carbons (Fsp3) is 0.364. The van der Waals surface area contributed by atoms with Crippen LogP contribution in [0.25, 0.3) is 10.9 Å². The Morgan fingerprint density at radius 3 is 2.63 bits per heavy atom. The number of aromatic nitrogens is 2. The maximum atomic E-state index is 13.5. The zero-order valence-corrected chi connectivity index (χ0v) is 16.8. The van der Waals surface area contributed by atoms with E-state index < -0.39 is 17.7 Å². The number of nitrogens with one attached hydrogen (secondary N) is 1. The first-order valence-electron chi connectivity index (χ1n) is 9.85. The molecule has 2 atom stereocenters. The van der Waals surface area contributed by atoms with Gasteiger partial charge in [0.05, 0.1) is 12.6 Å². The molecule has 1 aliphatic heterocycles. The van der Waals surface area contributed by atoms with Gasteiger partial charge in [-0.3, -0.25) is 5.41 Å². The zero-order valence-electron chi connectivity index (χ0n) is 16.8. The van der Waals surface area contributed by atoms with Gasteiger partial charge in [0.1, 0.15) is 23.5 Å². The van der Waals surface area contributed by atoms with Crippen LogP contribution >= 0.6 is 0 Å². The molecule has 0 radical (unpaired) electrons. The molecular weight excluding hydrogens is 392 g/mol. The van der Waals surface area contributed by atoms with E-state index in [1.807, 2.05) is 6.07 Å². The summed E-state index contributed by atoms with van der Waals surface area (Å²) in [5, 5.41) is 13.4. The Bertz CT molecular complexity index is 1060. The smallest absolute Gasteiger partial charge is 0.234 e. The van der Waals surface area contributed by atoms with Crippen molar-refractivity contribution >= 4 is 16.8 Å². The standard InChI is InChI=1S/C22H23F2N3O3/c1-13(14-9-15(23)11-16(24)10-14)30-17-6-7-19-18(12-17)21(22(25)28-2)26-27(19)20-5-3-4-8-29-20/h6-7,9-13,20,25H,3-5,8H2,1-2H3. The van der Waals surface area contributed by atoms with Gasteiger partial charge in [0.15, 0.2) is 11.9 Å². The molecule has 3 aromatic rings. The van der Waals surface area contributed by atoms with Gasteiger partial charge in [-0.15, -0.1) is 0 Å². The third kappa shape index (κ3) is 4.00. The molecule has 4 rings (SSSR count). The zero-order chi connectivity index (χ0) is 21.3. The lowest BCUT2D eigenvalue weighted by atomic mass is 10.1. The lowest BCUT2D eigenvalue weighted by Crippen LogP contribution is -2.19. The van der Waals surface area contributed by atoms with Gasteiger partial charge in [-0.1, -0.05) is 0 Å². The summed E-state index contributed by atoms with van der Waals surface area (Å²) < 4.78 is 45.8. The minimum absolute atomic E-state index is 0.0630. The van der Waals surface area contributed by atoms with Crippen LogP contribution < -0.4 is 4.74 Å². The molecule has 1 fully saturated rings. The molecule has 30 heavy (non-hydrogen) atoms. The highest BCUT2D eigenvalue weighted by molar-refractivity contribution is 6.03. The van der Waals surface area contributed by atoms with Crippen molar-refractivity contribution in [3.63, 3.8) is 0 Å². The minimum Gasteiger partial charge on any atom is -0.486 e. The van der Waals surface area contributed by atoms with E-state index in [1.54, 1.807) is 23.7 Å². The second-order valence-electron chi connectivity index (χ2n) is 7.29. The van der Waals surface area contributed by atoms with Gasteiger partial charge >= 0.3 is 0 Å². The van der Waals surface area contributed by atoms with Crippen LogP contribution in [0.5, 0.6) is 5.75 Å². The maximum absolute atomic E-state index is 13.5. The summed E-state index contributed by atoms with van der Waals surface area (Å²) in [6.07, 6.45) is 2.14. The highest BCUT2D eigenvalue weighted by Gasteiger charge is 2.23. The number of methoxy groups -OCH3 is 1. The number of fused-ring (bicyclic) bond motifs is 1.